The molecule has 8 heteroatoms. The fourth-order valence-electron chi connectivity index (χ4n) is 1.48. The van der Waals surface area contributed by atoms with Crippen LogP contribution in [0.25, 0.3) is 11.3 Å². The highest BCUT2D eigenvalue weighted by Gasteiger charge is 2.20. The van der Waals surface area contributed by atoms with Crippen LogP contribution in [0.4, 0.5) is 5.69 Å². The van der Waals surface area contributed by atoms with Gasteiger partial charge in [0, 0.05) is 17.7 Å². The molecule has 0 spiro atoms. The summed E-state index contributed by atoms with van der Waals surface area (Å²) in [4.78, 5) is 21.9. The molecule has 2 aromatic rings. The maximum absolute atomic E-state index is 11.7. The lowest BCUT2D eigenvalue weighted by Gasteiger charge is -2.01. The molecule has 0 bridgehead atoms. The summed E-state index contributed by atoms with van der Waals surface area (Å²) in [5, 5.41) is 10.7. The van der Waals surface area contributed by atoms with Crippen molar-refractivity contribution in [2.45, 2.75) is 6.92 Å². The second-order valence-corrected chi connectivity index (χ2v) is 4.02. The van der Waals surface area contributed by atoms with Crippen molar-refractivity contribution in [2.75, 3.05) is 6.61 Å². The number of ether oxygens (including phenoxy) is 1. The van der Waals surface area contributed by atoms with Crippen molar-refractivity contribution >= 4 is 23.4 Å². The zero-order valence-electron chi connectivity index (χ0n) is 9.90. The van der Waals surface area contributed by atoms with Crippen LogP contribution in [0.1, 0.15) is 17.4 Å². The second-order valence-electron chi connectivity index (χ2n) is 3.49. The molecule has 0 saturated carbocycles. The first-order chi connectivity index (χ1) is 9.13. The molecule has 19 heavy (non-hydrogen) atoms. The summed E-state index contributed by atoms with van der Waals surface area (Å²) in [6.45, 7) is 1.91. The standard InChI is InChI=1S/C11H9N3O4S/c1-2-18-11(15)10-9(12-19-13-10)7-4-3-5-8(6-7)14(16)17/h3-6H,2H2,1H3. The van der Waals surface area contributed by atoms with Gasteiger partial charge in [-0.15, -0.1) is 0 Å². The van der Waals surface area contributed by atoms with Crippen molar-refractivity contribution in [2.24, 2.45) is 0 Å². The number of nitro groups is 1. The van der Waals surface area contributed by atoms with E-state index < -0.39 is 10.9 Å². The molecular formula is C11H9N3O4S. The van der Waals surface area contributed by atoms with E-state index in [9.17, 15) is 14.9 Å². The van der Waals surface area contributed by atoms with E-state index in [1.807, 2.05) is 0 Å². The Balaban J connectivity index is 2.42. The minimum Gasteiger partial charge on any atom is -0.461 e. The van der Waals surface area contributed by atoms with E-state index in [0.29, 0.717) is 11.3 Å². The van der Waals surface area contributed by atoms with E-state index in [1.165, 1.54) is 18.2 Å². The largest absolute Gasteiger partial charge is 0.461 e. The summed E-state index contributed by atoms with van der Waals surface area (Å²) in [7, 11) is 0. The Kier molecular flexibility index (Phi) is 3.81. The van der Waals surface area contributed by atoms with Crippen molar-refractivity contribution in [3.8, 4) is 11.3 Å². The zero-order valence-corrected chi connectivity index (χ0v) is 10.7. The lowest BCUT2D eigenvalue weighted by Crippen LogP contribution is -2.06. The zero-order chi connectivity index (χ0) is 13.8. The van der Waals surface area contributed by atoms with Gasteiger partial charge >= 0.3 is 5.97 Å². The minimum absolute atomic E-state index is 0.0692. The molecular weight excluding hydrogens is 270 g/mol. The van der Waals surface area contributed by atoms with Crippen LogP contribution >= 0.6 is 11.7 Å². The van der Waals surface area contributed by atoms with Gasteiger partial charge in [0.15, 0.2) is 5.69 Å². The molecule has 1 aromatic heterocycles. The number of nitrogens with zero attached hydrogens (tertiary/aromatic N) is 3. The predicted octanol–water partition coefficient (Wildman–Crippen LogP) is 2.29. The Labute approximate surface area is 112 Å². The average Bonchev–Trinajstić information content (AvgIpc) is 2.88. The summed E-state index contributed by atoms with van der Waals surface area (Å²) >= 11 is 0.859. The number of hydrogen-bond donors (Lipinski definition) is 0. The first kappa shape index (κ1) is 13.1. The van der Waals surface area contributed by atoms with E-state index in [1.54, 1.807) is 13.0 Å². The normalized spacial score (nSPS) is 10.2. The number of nitro benzene ring substituents is 1. The lowest BCUT2D eigenvalue weighted by molar-refractivity contribution is -0.384. The summed E-state index contributed by atoms with van der Waals surface area (Å²) in [5.74, 6) is -0.585. The summed E-state index contributed by atoms with van der Waals surface area (Å²) in [6.07, 6.45) is 0. The van der Waals surface area contributed by atoms with Gasteiger partial charge in [-0.3, -0.25) is 10.1 Å². The molecule has 2 rings (SSSR count). The number of aromatic nitrogens is 2. The maximum Gasteiger partial charge on any atom is 0.360 e. The highest BCUT2D eigenvalue weighted by molar-refractivity contribution is 6.99. The summed E-state index contributed by atoms with van der Waals surface area (Å²) in [5.41, 5.74) is 0.769. The molecule has 0 fully saturated rings. The van der Waals surface area contributed by atoms with E-state index in [4.69, 9.17) is 4.74 Å². The van der Waals surface area contributed by atoms with Crippen LogP contribution in [-0.2, 0) is 4.74 Å². The van der Waals surface area contributed by atoms with Crippen molar-refractivity contribution in [3.63, 3.8) is 0 Å². The fourth-order valence-corrected chi connectivity index (χ4v) is 2.04. The molecule has 0 atom stereocenters. The second kappa shape index (κ2) is 5.53. The minimum atomic E-state index is -0.585. The van der Waals surface area contributed by atoms with Crippen LogP contribution in [0.2, 0.25) is 0 Å². The molecule has 0 saturated heterocycles. The molecule has 0 N–H and O–H groups in total. The van der Waals surface area contributed by atoms with Crippen LogP contribution in [0, 0.1) is 10.1 Å². The van der Waals surface area contributed by atoms with Gasteiger partial charge in [-0.05, 0) is 6.92 Å². The van der Waals surface area contributed by atoms with Crippen LogP contribution in [0.15, 0.2) is 24.3 Å². The molecule has 1 heterocycles. The van der Waals surface area contributed by atoms with Gasteiger partial charge in [0.2, 0.25) is 0 Å². The van der Waals surface area contributed by atoms with Gasteiger partial charge in [-0.2, -0.15) is 8.75 Å². The van der Waals surface area contributed by atoms with E-state index in [2.05, 4.69) is 8.75 Å². The molecule has 0 radical (unpaired) electrons. The molecule has 0 aliphatic carbocycles. The smallest absolute Gasteiger partial charge is 0.360 e. The summed E-state index contributed by atoms with van der Waals surface area (Å²) < 4.78 is 12.7. The Morgan fingerprint density at radius 3 is 2.95 bits per heavy atom. The van der Waals surface area contributed by atoms with Crippen molar-refractivity contribution < 1.29 is 14.5 Å². The summed E-state index contributed by atoms with van der Waals surface area (Å²) in [6, 6.07) is 5.88. The van der Waals surface area contributed by atoms with Crippen LogP contribution < -0.4 is 0 Å². The Bertz CT molecular complexity index is 626. The predicted molar refractivity (Wildman–Crippen MR) is 68.0 cm³/mol. The molecule has 0 amide bonds. The maximum atomic E-state index is 11.7. The van der Waals surface area contributed by atoms with Gasteiger partial charge in [-0.25, -0.2) is 4.79 Å². The number of carbonyl (C=O) groups is 1. The third-order valence-electron chi connectivity index (χ3n) is 2.29. The van der Waals surface area contributed by atoms with Crippen molar-refractivity contribution in [1.82, 2.24) is 8.75 Å². The number of benzene rings is 1. The molecule has 0 aliphatic rings. The fraction of sp³-hybridized carbons (Fsp3) is 0.182. The molecule has 98 valence electrons. The third-order valence-corrected chi connectivity index (χ3v) is 2.82. The van der Waals surface area contributed by atoms with E-state index in [-0.39, 0.29) is 18.0 Å². The van der Waals surface area contributed by atoms with E-state index in [0.717, 1.165) is 11.7 Å². The Morgan fingerprint density at radius 2 is 2.26 bits per heavy atom. The van der Waals surface area contributed by atoms with Gasteiger partial charge in [-0.1, -0.05) is 12.1 Å². The molecule has 0 unspecified atom stereocenters. The van der Waals surface area contributed by atoms with Crippen molar-refractivity contribution in [3.05, 3.63) is 40.1 Å². The first-order valence-electron chi connectivity index (χ1n) is 5.38. The quantitative estimate of drug-likeness (QED) is 0.484. The van der Waals surface area contributed by atoms with Crippen LogP contribution in [0.5, 0.6) is 0 Å². The van der Waals surface area contributed by atoms with Gasteiger partial charge < -0.3 is 4.74 Å². The number of carbonyl (C=O) groups excluding carboxylic acids is 1. The highest BCUT2D eigenvalue weighted by Crippen LogP contribution is 2.25. The van der Waals surface area contributed by atoms with Gasteiger partial charge in [0.25, 0.3) is 5.69 Å². The van der Waals surface area contributed by atoms with Crippen LogP contribution in [-0.4, -0.2) is 26.2 Å². The topological polar surface area (TPSA) is 95.2 Å². The van der Waals surface area contributed by atoms with Crippen LogP contribution in [0.3, 0.4) is 0 Å². The number of hydrogen-bond acceptors (Lipinski definition) is 7. The number of non-ortho nitro benzene ring substituents is 1. The lowest BCUT2D eigenvalue weighted by atomic mass is 10.1. The molecule has 7 nitrogen and oxygen atoms in total. The molecule has 0 aliphatic heterocycles. The average molecular weight is 279 g/mol. The SMILES string of the molecule is CCOC(=O)c1nsnc1-c1cccc([N+](=O)[O-])c1. The first-order valence-corrected chi connectivity index (χ1v) is 6.11. The van der Waals surface area contributed by atoms with E-state index >= 15 is 0 Å². The molecule has 1 aromatic carbocycles. The monoisotopic (exact) mass is 279 g/mol. The Hall–Kier alpha value is -2.35. The van der Waals surface area contributed by atoms with Gasteiger partial charge in [0.1, 0.15) is 5.69 Å². The number of esters is 1. The van der Waals surface area contributed by atoms with Gasteiger partial charge in [0.05, 0.1) is 23.3 Å². The number of rotatable bonds is 4. The third kappa shape index (κ3) is 2.74. The Morgan fingerprint density at radius 1 is 1.47 bits per heavy atom. The highest BCUT2D eigenvalue weighted by atomic mass is 32.1. The van der Waals surface area contributed by atoms with Crippen molar-refractivity contribution in [1.29, 1.82) is 0 Å².